The number of phenolic OH excluding ortho intramolecular Hbond substituents is 1. The van der Waals surface area contributed by atoms with Crippen molar-refractivity contribution in [3.63, 3.8) is 0 Å². The molecule has 20 heavy (non-hydrogen) atoms. The van der Waals surface area contributed by atoms with Gasteiger partial charge in [-0.2, -0.15) is 0 Å². The quantitative estimate of drug-likeness (QED) is 0.896. The first kappa shape index (κ1) is 12.7. The van der Waals surface area contributed by atoms with E-state index >= 15 is 0 Å². The molecule has 2 N–H and O–H groups in total. The molecule has 1 amide bonds. The average Bonchev–Trinajstić information content (AvgIpc) is 2.83. The van der Waals surface area contributed by atoms with Crippen molar-refractivity contribution < 1.29 is 9.90 Å². The number of carbonyl (C=O) groups is 1. The largest absolute Gasteiger partial charge is 0.508 e. The first-order chi connectivity index (χ1) is 9.72. The van der Waals surface area contributed by atoms with Crippen LogP contribution in [0.3, 0.4) is 0 Å². The molecule has 0 aromatic heterocycles. The number of fused-ring (bicyclic) bond motifs is 1. The van der Waals surface area contributed by atoms with E-state index in [4.69, 9.17) is 0 Å². The van der Waals surface area contributed by atoms with Crippen molar-refractivity contribution in [3.05, 3.63) is 65.2 Å². The fourth-order valence-corrected chi connectivity index (χ4v) is 2.77. The molecule has 3 nitrogen and oxygen atoms in total. The van der Waals surface area contributed by atoms with Gasteiger partial charge in [0.1, 0.15) is 5.75 Å². The van der Waals surface area contributed by atoms with Crippen molar-refractivity contribution in [2.75, 3.05) is 0 Å². The summed E-state index contributed by atoms with van der Waals surface area (Å²) in [4.78, 5) is 12.0. The Balaban J connectivity index is 1.60. The molecule has 0 spiro atoms. The number of aromatic hydroxyl groups is 1. The first-order valence-electron chi connectivity index (χ1n) is 6.85. The molecule has 0 atom stereocenters. The second kappa shape index (κ2) is 5.37. The highest BCUT2D eigenvalue weighted by Gasteiger charge is 2.22. The van der Waals surface area contributed by atoms with Gasteiger partial charge in [0.15, 0.2) is 0 Å². The molecule has 0 heterocycles. The highest BCUT2D eigenvalue weighted by atomic mass is 16.3. The summed E-state index contributed by atoms with van der Waals surface area (Å²) in [6, 6.07) is 15.4. The van der Waals surface area contributed by atoms with Gasteiger partial charge in [-0.1, -0.05) is 42.5 Å². The molecule has 2 aromatic carbocycles. The number of para-hydroxylation sites is 1. The zero-order chi connectivity index (χ0) is 13.9. The van der Waals surface area contributed by atoms with Crippen LogP contribution < -0.4 is 5.32 Å². The zero-order valence-electron chi connectivity index (χ0n) is 11.2. The van der Waals surface area contributed by atoms with Gasteiger partial charge >= 0.3 is 0 Å². The summed E-state index contributed by atoms with van der Waals surface area (Å²) in [5.41, 5.74) is 3.31. The minimum atomic E-state index is -0.0377. The Morgan fingerprint density at radius 3 is 2.30 bits per heavy atom. The maximum absolute atomic E-state index is 12.0. The lowest BCUT2D eigenvalue weighted by Gasteiger charge is -2.12. The van der Waals surface area contributed by atoms with Crippen molar-refractivity contribution in [1.82, 2.24) is 5.32 Å². The minimum absolute atomic E-state index is 0.0377. The second-order valence-electron chi connectivity index (χ2n) is 5.25. The van der Waals surface area contributed by atoms with E-state index in [9.17, 15) is 9.90 Å². The van der Waals surface area contributed by atoms with Crippen molar-refractivity contribution in [2.24, 2.45) is 0 Å². The van der Waals surface area contributed by atoms with E-state index in [2.05, 4.69) is 17.4 Å². The lowest BCUT2D eigenvalue weighted by Crippen LogP contribution is -2.36. The Hall–Kier alpha value is -2.29. The molecule has 3 rings (SSSR count). The monoisotopic (exact) mass is 267 g/mol. The van der Waals surface area contributed by atoms with E-state index in [1.165, 1.54) is 11.1 Å². The van der Waals surface area contributed by atoms with Crippen LogP contribution in [-0.4, -0.2) is 17.1 Å². The van der Waals surface area contributed by atoms with Gasteiger partial charge in [-0.05, 0) is 30.0 Å². The molecule has 0 saturated heterocycles. The van der Waals surface area contributed by atoms with E-state index in [-0.39, 0.29) is 24.1 Å². The highest BCUT2D eigenvalue weighted by Crippen LogP contribution is 2.22. The third-order valence-electron chi connectivity index (χ3n) is 3.76. The van der Waals surface area contributed by atoms with Gasteiger partial charge in [0, 0.05) is 11.6 Å². The van der Waals surface area contributed by atoms with Gasteiger partial charge in [-0.25, -0.2) is 0 Å². The van der Waals surface area contributed by atoms with Crippen LogP contribution in [0, 0.1) is 0 Å². The van der Waals surface area contributed by atoms with Gasteiger partial charge in [0.2, 0.25) is 5.91 Å². The lowest BCUT2D eigenvalue weighted by atomic mass is 10.1. The summed E-state index contributed by atoms with van der Waals surface area (Å²) < 4.78 is 0. The number of hydrogen-bond donors (Lipinski definition) is 2. The van der Waals surface area contributed by atoms with Crippen molar-refractivity contribution >= 4 is 5.91 Å². The SMILES string of the molecule is O=C(Cc1ccccc1O)NC1Cc2ccccc2C1. The molecule has 3 heteroatoms. The number of benzene rings is 2. The molecule has 0 bridgehead atoms. The van der Waals surface area contributed by atoms with Crippen LogP contribution in [0.15, 0.2) is 48.5 Å². The van der Waals surface area contributed by atoms with E-state index in [1.54, 1.807) is 18.2 Å². The third-order valence-corrected chi connectivity index (χ3v) is 3.76. The van der Waals surface area contributed by atoms with Crippen molar-refractivity contribution in [3.8, 4) is 5.75 Å². The van der Waals surface area contributed by atoms with E-state index in [1.807, 2.05) is 18.2 Å². The highest BCUT2D eigenvalue weighted by molar-refractivity contribution is 5.79. The molecule has 1 aliphatic carbocycles. The van der Waals surface area contributed by atoms with E-state index in [0.717, 1.165) is 12.8 Å². The molecular weight excluding hydrogens is 250 g/mol. The van der Waals surface area contributed by atoms with Crippen molar-refractivity contribution in [1.29, 1.82) is 0 Å². The van der Waals surface area contributed by atoms with E-state index in [0.29, 0.717) is 5.56 Å². The lowest BCUT2D eigenvalue weighted by molar-refractivity contribution is -0.121. The Morgan fingerprint density at radius 2 is 1.65 bits per heavy atom. The Morgan fingerprint density at radius 1 is 1.05 bits per heavy atom. The Kier molecular flexibility index (Phi) is 3.42. The number of hydrogen-bond acceptors (Lipinski definition) is 2. The van der Waals surface area contributed by atoms with Gasteiger partial charge in [-0.15, -0.1) is 0 Å². The summed E-state index contributed by atoms with van der Waals surface area (Å²) in [5, 5.41) is 12.7. The number of amides is 1. The molecule has 102 valence electrons. The summed E-state index contributed by atoms with van der Waals surface area (Å²) in [6.07, 6.45) is 2.00. The molecule has 2 aromatic rings. The van der Waals surface area contributed by atoms with Crippen LogP contribution in [0.1, 0.15) is 16.7 Å². The summed E-state index contributed by atoms with van der Waals surface area (Å²) in [6.45, 7) is 0. The maximum Gasteiger partial charge on any atom is 0.224 e. The fraction of sp³-hybridized carbons (Fsp3) is 0.235. The van der Waals surface area contributed by atoms with Crippen molar-refractivity contribution in [2.45, 2.75) is 25.3 Å². The van der Waals surface area contributed by atoms with E-state index < -0.39 is 0 Å². The first-order valence-corrected chi connectivity index (χ1v) is 6.85. The molecule has 0 fully saturated rings. The van der Waals surface area contributed by atoms with Crippen LogP contribution in [0.5, 0.6) is 5.75 Å². The molecule has 0 aliphatic heterocycles. The third kappa shape index (κ3) is 2.67. The number of carbonyl (C=O) groups excluding carboxylic acids is 1. The van der Waals surface area contributed by atoms with Crippen LogP contribution in [-0.2, 0) is 24.1 Å². The predicted molar refractivity (Wildman–Crippen MR) is 77.6 cm³/mol. The molecule has 0 unspecified atom stereocenters. The molecule has 0 radical (unpaired) electrons. The summed E-state index contributed by atoms with van der Waals surface area (Å²) >= 11 is 0. The van der Waals surface area contributed by atoms with Crippen LogP contribution in [0.25, 0.3) is 0 Å². The maximum atomic E-state index is 12.0. The molecule has 1 aliphatic rings. The molecule has 0 saturated carbocycles. The van der Waals surface area contributed by atoms with Gasteiger partial charge in [0.25, 0.3) is 0 Å². The van der Waals surface area contributed by atoms with Gasteiger partial charge in [0.05, 0.1) is 6.42 Å². The van der Waals surface area contributed by atoms with Gasteiger partial charge < -0.3 is 10.4 Å². The normalized spacial score (nSPS) is 14.0. The second-order valence-corrected chi connectivity index (χ2v) is 5.25. The Bertz CT molecular complexity index is 611. The zero-order valence-corrected chi connectivity index (χ0v) is 11.2. The standard InChI is InChI=1S/C17H17NO2/c19-16-8-4-3-7-14(16)11-17(20)18-15-9-12-5-1-2-6-13(12)10-15/h1-8,15,19H,9-11H2,(H,18,20). The smallest absolute Gasteiger partial charge is 0.224 e. The van der Waals surface area contributed by atoms with Crippen LogP contribution in [0.2, 0.25) is 0 Å². The average molecular weight is 267 g/mol. The molecular formula is C17H17NO2. The number of phenols is 1. The number of nitrogens with one attached hydrogen (secondary N) is 1. The predicted octanol–water partition coefficient (Wildman–Crippen LogP) is 2.22. The van der Waals surface area contributed by atoms with Crippen LogP contribution in [0.4, 0.5) is 0 Å². The minimum Gasteiger partial charge on any atom is -0.508 e. The number of rotatable bonds is 3. The van der Waals surface area contributed by atoms with Crippen LogP contribution >= 0.6 is 0 Å². The Labute approximate surface area is 118 Å². The topological polar surface area (TPSA) is 49.3 Å². The summed E-state index contributed by atoms with van der Waals surface area (Å²) in [7, 11) is 0. The summed E-state index contributed by atoms with van der Waals surface area (Å²) in [5.74, 6) is 0.140. The fourth-order valence-electron chi connectivity index (χ4n) is 2.77. The van der Waals surface area contributed by atoms with Gasteiger partial charge in [-0.3, -0.25) is 4.79 Å².